The Balaban J connectivity index is 1.96. The molecule has 0 radical (unpaired) electrons. The molecule has 0 aromatic rings. The van der Waals surface area contributed by atoms with Crippen LogP contribution in [0, 0.1) is 32.5 Å². The van der Waals surface area contributed by atoms with Gasteiger partial charge in [-0.25, -0.2) is 0 Å². The minimum Gasteiger partial charge on any atom is -0.468 e. The van der Waals surface area contributed by atoms with Crippen molar-refractivity contribution in [3.05, 3.63) is 0 Å². The largest absolute Gasteiger partial charge is 0.468 e. The predicted molar refractivity (Wildman–Crippen MR) is 101 cm³/mol. The van der Waals surface area contributed by atoms with Crippen molar-refractivity contribution >= 4 is 32.4 Å². The molecule has 6 aliphatic rings. The van der Waals surface area contributed by atoms with Crippen LogP contribution in [0.2, 0.25) is 13.1 Å². The van der Waals surface area contributed by atoms with Crippen molar-refractivity contribution in [2.75, 3.05) is 28.4 Å². The van der Waals surface area contributed by atoms with E-state index in [1.807, 2.05) is 0 Å². The first-order valence-corrected chi connectivity index (χ1v) is 12.9. The topological polar surface area (TPSA) is 124 Å². The molecule has 2 saturated heterocycles. The molecule has 0 spiro atoms. The highest BCUT2D eigenvalue weighted by atomic mass is 28.4. The van der Waals surface area contributed by atoms with Gasteiger partial charge in [0.05, 0.1) is 40.6 Å². The van der Waals surface area contributed by atoms with Crippen molar-refractivity contribution in [2.24, 2.45) is 32.5 Å². The molecule has 0 N–H and O–H groups in total. The van der Waals surface area contributed by atoms with Gasteiger partial charge in [-0.05, 0) is 13.1 Å². The van der Waals surface area contributed by atoms with Crippen molar-refractivity contribution < 1.29 is 47.0 Å². The van der Waals surface area contributed by atoms with Gasteiger partial charge in [-0.3, -0.25) is 19.2 Å². The summed E-state index contributed by atoms with van der Waals surface area (Å²) in [5, 5.41) is 0. The SMILES string of the molecule is COC(=O)[C@@]12C3O[Si](C)(C)OC4[C@]1(C(=O)OC)C2(C)C1(C)[C@]3(C(=O)OC)[C@]41C(=O)OC. The van der Waals surface area contributed by atoms with E-state index in [0.29, 0.717) is 0 Å². The number of rotatable bonds is 4. The standard InChI is InChI=1S/C20H26O10Si/c1-15-16(2)19(13(23)27-5)9-17(15,11(21)25-3)18(15,12(22)26-4)10(30-31(7,8)29-9)20(16,19)14(24)28-6/h9-10H,1-8H3/t9?,10?,15?,16?,17-,18-,19-,20+/m0/s1. The van der Waals surface area contributed by atoms with Crippen LogP contribution in [0.15, 0.2) is 0 Å². The quantitative estimate of drug-likeness (QED) is 0.330. The minimum absolute atomic E-state index is 0.694. The van der Waals surface area contributed by atoms with E-state index in [1.54, 1.807) is 26.9 Å². The molecule has 4 aliphatic carbocycles. The number of ether oxygens (including phenoxy) is 4. The highest BCUT2D eigenvalue weighted by molar-refractivity contribution is 6.65. The molecule has 4 unspecified atom stereocenters. The van der Waals surface area contributed by atoms with E-state index in [2.05, 4.69) is 0 Å². The van der Waals surface area contributed by atoms with Gasteiger partial charge in [0.1, 0.15) is 21.7 Å². The van der Waals surface area contributed by atoms with Crippen LogP contribution in [0.4, 0.5) is 0 Å². The Morgan fingerprint density at radius 1 is 0.613 bits per heavy atom. The fourth-order valence-corrected chi connectivity index (χ4v) is 11.0. The van der Waals surface area contributed by atoms with Crippen LogP contribution in [-0.2, 0) is 47.0 Å². The summed E-state index contributed by atoms with van der Waals surface area (Å²) in [7, 11) is 1.85. The molecule has 8 atom stereocenters. The fraction of sp³-hybridized carbons (Fsp3) is 0.800. The lowest BCUT2D eigenvalue weighted by Crippen LogP contribution is -2.60. The van der Waals surface area contributed by atoms with E-state index >= 15 is 0 Å². The van der Waals surface area contributed by atoms with Gasteiger partial charge in [0.15, 0.2) is 0 Å². The number of fused-ring (bicyclic) bond motifs is 2. The Morgan fingerprint density at radius 2 is 0.839 bits per heavy atom. The molecule has 4 saturated carbocycles. The molecule has 0 aromatic carbocycles. The van der Waals surface area contributed by atoms with Crippen LogP contribution < -0.4 is 0 Å². The van der Waals surface area contributed by atoms with Gasteiger partial charge in [-0.2, -0.15) is 0 Å². The summed E-state index contributed by atoms with van der Waals surface area (Å²) in [6.45, 7) is 6.93. The lowest BCUT2D eigenvalue weighted by molar-refractivity contribution is -0.188. The molecule has 10 nitrogen and oxygen atoms in total. The van der Waals surface area contributed by atoms with Gasteiger partial charge in [-0.15, -0.1) is 0 Å². The second-order valence-corrected chi connectivity index (χ2v) is 13.1. The summed E-state index contributed by atoms with van der Waals surface area (Å²) in [5.74, 6) is -2.77. The zero-order chi connectivity index (χ0) is 23.2. The van der Waals surface area contributed by atoms with Crippen LogP contribution in [0.1, 0.15) is 13.8 Å². The van der Waals surface area contributed by atoms with Crippen molar-refractivity contribution in [1.29, 1.82) is 0 Å². The maximum absolute atomic E-state index is 13.5. The second-order valence-electron chi connectivity index (χ2n) is 9.84. The van der Waals surface area contributed by atoms with Gasteiger partial charge >= 0.3 is 32.4 Å². The van der Waals surface area contributed by atoms with Crippen molar-refractivity contribution in [1.82, 2.24) is 0 Å². The van der Waals surface area contributed by atoms with Gasteiger partial charge in [0.2, 0.25) is 0 Å². The average Bonchev–Trinajstić information content (AvgIpc) is 3.47. The molecule has 170 valence electrons. The zero-order valence-electron chi connectivity index (χ0n) is 18.7. The van der Waals surface area contributed by atoms with Gasteiger partial charge < -0.3 is 27.8 Å². The molecule has 2 bridgehead atoms. The van der Waals surface area contributed by atoms with Crippen LogP contribution in [0.3, 0.4) is 0 Å². The maximum Gasteiger partial charge on any atom is 0.332 e. The van der Waals surface area contributed by atoms with Crippen LogP contribution in [0.5, 0.6) is 0 Å². The predicted octanol–water partition coefficient (Wildman–Crippen LogP) is 0.177. The summed E-state index contributed by atoms with van der Waals surface area (Å²) in [6, 6.07) is 0. The van der Waals surface area contributed by atoms with E-state index in [9.17, 15) is 19.2 Å². The van der Waals surface area contributed by atoms with Crippen LogP contribution >= 0.6 is 0 Å². The van der Waals surface area contributed by atoms with Gasteiger partial charge in [0.25, 0.3) is 0 Å². The van der Waals surface area contributed by atoms with Crippen LogP contribution in [-0.4, -0.2) is 73.1 Å². The Hall–Kier alpha value is -1.98. The molecule has 2 heterocycles. The normalized spacial score (nSPS) is 53.2. The number of carbonyl (C=O) groups excluding carboxylic acids is 4. The number of hydrogen-bond acceptors (Lipinski definition) is 10. The van der Waals surface area contributed by atoms with Crippen molar-refractivity contribution in [3.8, 4) is 0 Å². The Bertz CT molecular complexity index is 854. The molecule has 31 heavy (non-hydrogen) atoms. The molecular formula is C20H26O10Si. The number of hydrogen-bond donors (Lipinski definition) is 0. The first-order chi connectivity index (χ1) is 14.4. The van der Waals surface area contributed by atoms with Crippen molar-refractivity contribution in [2.45, 2.75) is 39.1 Å². The third kappa shape index (κ3) is 1.25. The van der Waals surface area contributed by atoms with Gasteiger partial charge in [-0.1, -0.05) is 13.8 Å². The Labute approximate surface area is 180 Å². The molecule has 2 aliphatic heterocycles. The van der Waals surface area contributed by atoms with Gasteiger partial charge in [0, 0.05) is 10.8 Å². The monoisotopic (exact) mass is 454 g/mol. The summed E-state index contributed by atoms with van der Waals surface area (Å²) in [4.78, 5) is 53.9. The molecule has 0 amide bonds. The van der Waals surface area contributed by atoms with Crippen LogP contribution in [0.25, 0.3) is 0 Å². The Kier molecular flexibility index (Phi) is 3.36. The molecule has 0 aromatic heterocycles. The fourth-order valence-electron chi connectivity index (χ4n) is 9.14. The summed E-state index contributed by atoms with van der Waals surface area (Å²) >= 11 is 0. The third-order valence-corrected chi connectivity index (χ3v) is 11.3. The molecule has 11 heteroatoms. The number of methoxy groups -OCH3 is 4. The van der Waals surface area contributed by atoms with E-state index in [0.717, 1.165) is 0 Å². The second kappa shape index (κ2) is 4.99. The van der Waals surface area contributed by atoms with E-state index in [4.69, 9.17) is 27.8 Å². The highest BCUT2D eigenvalue weighted by Gasteiger charge is 3.27. The molecular weight excluding hydrogens is 428 g/mol. The first kappa shape index (κ1) is 20.9. The minimum atomic E-state index is -3.03. The van der Waals surface area contributed by atoms with Crippen molar-refractivity contribution in [3.63, 3.8) is 0 Å². The average molecular weight is 455 g/mol. The summed E-state index contributed by atoms with van der Waals surface area (Å²) in [6.07, 6.45) is -2.35. The Morgan fingerprint density at radius 3 is 1.03 bits per heavy atom. The number of carbonyl (C=O) groups is 4. The van der Waals surface area contributed by atoms with E-state index < -0.39 is 77.1 Å². The summed E-state index contributed by atoms with van der Waals surface area (Å²) in [5.41, 5.74) is -8.71. The lowest BCUT2D eigenvalue weighted by atomic mass is 9.64. The third-order valence-electron chi connectivity index (χ3n) is 9.68. The smallest absolute Gasteiger partial charge is 0.332 e. The zero-order valence-corrected chi connectivity index (χ0v) is 19.7. The van der Waals surface area contributed by atoms with E-state index in [-0.39, 0.29) is 0 Å². The first-order valence-electron chi connectivity index (χ1n) is 10.1. The lowest BCUT2D eigenvalue weighted by Gasteiger charge is -2.41. The molecule has 6 fully saturated rings. The molecule has 6 rings (SSSR count). The maximum atomic E-state index is 13.5. The van der Waals surface area contributed by atoms with E-state index in [1.165, 1.54) is 28.4 Å². The summed E-state index contributed by atoms with van der Waals surface area (Å²) < 4.78 is 33.6. The highest BCUT2D eigenvalue weighted by Crippen LogP contribution is 3.15. The number of esters is 4.